The molecule has 0 amide bonds. The molecule has 0 heterocycles. The molecule has 73 heavy (non-hydrogen) atoms. The highest BCUT2D eigenvalue weighted by Gasteiger charge is 2.19. The van der Waals surface area contributed by atoms with Crippen LogP contribution < -0.4 is 0 Å². The number of hydrogen-bond acceptors (Lipinski definition) is 6. The maximum Gasteiger partial charge on any atom is 0.306 e. The van der Waals surface area contributed by atoms with E-state index in [2.05, 4.69) is 118 Å². The van der Waals surface area contributed by atoms with Gasteiger partial charge in [-0.25, -0.2) is 0 Å². The first-order valence-electron chi connectivity index (χ1n) is 30.7. The van der Waals surface area contributed by atoms with Crippen molar-refractivity contribution in [3.05, 3.63) is 97.2 Å². The van der Waals surface area contributed by atoms with Crippen LogP contribution in [0.4, 0.5) is 0 Å². The zero-order valence-corrected chi connectivity index (χ0v) is 47.9. The normalized spacial score (nSPS) is 12.8. The maximum absolute atomic E-state index is 12.9. The highest BCUT2D eigenvalue weighted by Crippen LogP contribution is 2.15. The average molecular weight is 1020 g/mol. The van der Waals surface area contributed by atoms with Crippen molar-refractivity contribution in [2.24, 2.45) is 0 Å². The lowest BCUT2D eigenvalue weighted by atomic mass is 10.1. The van der Waals surface area contributed by atoms with Crippen molar-refractivity contribution in [3.8, 4) is 0 Å². The van der Waals surface area contributed by atoms with Crippen LogP contribution in [-0.2, 0) is 28.6 Å². The third-order valence-corrected chi connectivity index (χ3v) is 13.0. The van der Waals surface area contributed by atoms with Gasteiger partial charge in [0.15, 0.2) is 6.10 Å². The highest BCUT2D eigenvalue weighted by atomic mass is 16.6. The van der Waals surface area contributed by atoms with Gasteiger partial charge in [0.1, 0.15) is 13.2 Å². The Morgan fingerprint density at radius 3 is 0.849 bits per heavy atom. The lowest BCUT2D eigenvalue weighted by Crippen LogP contribution is -2.30. The van der Waals surface area contributed by atoms with Gasteiger partial charge in [-0.15, -0.1) is 0 Å². The van der Waals surface area contributed by atoms with E-state index >= 15 is 0 Å². The van der Waals surface area contributed by atoms with E-state index in [0.29, 0.717) is 19.3 Å². The fraction of sp³-hybridized carbons (Fsp3) is 0.716. The van der Waals surface area contributed by atoms with Gasteiger partial charge in [-0.1, -0.05) is 246 Å². The molecule has 6 nitrogen and oxygen atoms in total. The minimum atomic E-state index is -0.799. The van der Waals surface area contributed by atoms with Gasteiger partial charge in [0.05, 0.1) is 0 Å². The van der Waals surface area contributed by atoms with E-state index in [-0.39, 0.29) is 31.1 Å². The fourth-order valence-electron chi connectivity index (χ4n) is 8.44. The van der Waals surface area contributed by atoms with Crippen molar-refractivity contribution in [3.63, 3.8) is 0 Å². The number of hydrogen-bond donors (Lipinski definition) is 0. The maximum atomic E-state index is 12.9. The van der Waals surface area contributed by atoms with Crippen LogP contribution in [0.1, 0.15) is 290 Å². The fourth-order valence-corrected chi connectivity index (χ4v) is 8.44. The standard InChI is InChI=1S/C67H114O6/c1-4-7-10-13-16-19-22-25-28-30-31-32-33-34-35-37-39-42-45-48-51-54-57-60-66(69)72-63-64(62-71-65(68)59-56-53-50-47-44-41-38-27-24-21-18-15-12-9-6-3)73-67(70)61-58-55-52-49-46-43-40-36-29-26-23-20-17-14-11-8-5-2/h8,11,17,20,22,25-27,29-31,33-34,38,40,43,64H,4-7,9-10,12-16,18-19,21,23-24,28,32,35-37,39,41-42,44-63H2,1-3H3/b11-8-,20-17-,25-22-,29-26-,31-30-,34-33-,38-27-,43-40-. The van der Waals surface area contributed by atoms with Crippen LogP contribution in [0.3, 0.4) is 0 Å². The number of unbranched alkanes of at least 4 members (excludes halogenated alkanes) is 28. The molecule has 0 radical (unpaired) electrons. The van der Waals surface area contributed by atoms with Crippen molar-refractivity contribution in [1.82, 2.24) is 0 Å². The SMILES string of the molecule is CC/C=C\C/C=C\C/C=C\C/C=C\CCCCCCC(=O)OC(COC(=O)CCCCCCC/C=C\CCCCCCCC)COC(=O)CCCCCCCCCC/C=C\C/C=C\C/C=C\CCCCCCC. The monoisotopic (exact) mass is 1010 g/mol. The molecule has 0 saturated heterocycles. The van der Waals surface area contributed by atoms with Crippen molar-refractivity contribution in [2.45, 2.75) is 297 Å². The lowest BCUT2D eigenvalue weighted by Gasteiger charge is -2.18. The van der Waals surface area contributed by atoms with Gasteiger partial charge in [-0.2, -0.15) is 0 Å². The summed E-state index contributed by atoms with van der Waals surface area (Å²) in [5.41, 5.74) is 0. The Kier molecular flexibility index (Phi) is 57.8. The zero-order chi connectivity index (χ0) is 52.9. The summed E-state index contributed by atoms with van der Waals surface area (Å²) in [6.07, 6.45) is 81.1. The van der Waals surface area contributed by atoms with Crippen molar-refractivity contribution in [1.29, 1.82) is 0 Å². The second kappa shape index (κ2) is 60.9. The first-order chi connectivity index (χ1) is 36.0. The third-order valence-electron chi connectivity index (χ3n) is 13.0. The van der Waals surface area contributed by atoms with E-state index < -0.39 is 6.10 Å². The van der Waals surface area contributed by atoms with Crippen LogP contribution in [-0.4, -0.2) is 37.2 Å². The molecule has 1 atom stereocenters. The van der Waals surface area contributed by atoms with Gasteiger partial charge < -0.3 is 14.2 Å². The number of carbonyl (C=O) groups is 3. The Hall–Kier alpha value is -3.67. The molecule has 0 bridgehead atoms. The Balaban J connectivity index is 4.42. The summed E-state index contributed by atoms with van der Waals surface area (Å²) >= 11 is 0. The quantitative estimate of drug-likeness (QED) is 0.0261. The van der Waals surface area contributed by atoms with E-state index in [1.165, 1.54) is 128 Å². The van der Waals surface area contributed by atoms with Crippen molar-refractivity contribution >= 4 is 17.9 Å². The van der Waals surface area contributed by atoms with Gasteiger partial charge in [0.2, 0.25) is 0 Å². The second-order valence-electron chi connectivity index (χ2n) is 20.2. The van der Waals surface area contributed by atoms with Gasteiger partial charge in [-0.3, -0.25) is 14.4 Å². The molecule has 0 aromatic heterocycles. The minimum absolute atomic E-state index is 0.0943. The molecule has 0 fully saturated rings. The molecule has 0 aliphatic heterocycles. The first kappa shape index (κ1) is 69.3. The van der Waals surface area contributed by atoms with Crippen molar-refractivity contribution < 1.29 is 28.6 Å². The molecule has 0 aromatic carbocycles. The van der Waals surface area contributed by atoms with Gasteiger partial charge in [0, 0.05) is 19.3 Å². The molecule has 0 aliphatic carbocycles. The van der Waals surface area contributed by atoms with Crippen LogP contribution in [0.5, 0.6) is 0 Å². The molecule has 0 saturated carbocycles. The average Bonchev–Trinajstić information content (AvgIpc) is 3.39. The molecule has 6 heteroatoms. The van der Waals surface area contributed by atoms with Crippen LogP contribution >= 0.6 is 0 Å². The Morgan fingerprint density at radius 1 is 0.288 bits per heavy atom. The summed E-state index contributed by atoms with van der Waals surface area (Å²) < 4.78 is 16.9. The lowest BCUT2D eigenvalue weighted by molar-refractivity contribution is -0.167. The van der Waals surface area contributed by atoms with Crippen molar-refractivity contribution in [2.75, 3.05) is 13.2 Å². The number of carbonyl (C=O) groups excluding carboxylic acids is 3. The Bertz CT molecular complexity index is 1440. The zero-order valence-electron chi connectivity index (χ0n) is 47.9. The summed E-state index contributed by atoms with van der Waals surface area (Å²) in [7, 11) is 0. The molecule has 0 aliphatic rings. The second-order valence-corrected chi connectivity index (χ2v) is 20.2. The number of ether oxygens (including phenoxy) is 3. The summed E-state index contributed by atoms with van der Waals surface area (Å²) in [4.78, 5) is 38.3. The number of rotatable bonds is 55. The van der Waals surface area contributed by atoms with Crippen LogP contribution in [0.15, 0.2) is 97.2 Å². The minimum Gasteiger partial charge on any atom is -0.462 e. The van der Waals surface area contributed by atoms with Gasteiger partial charge in [-0.05, 0) is 122 Å². The third kappa shape index (κ3) is 59.1. The molecular formula is C67H114O6. The molecule has 0 N–H and O–H groups in total. The largest absolute Gasteiger partial charge is 0.462 e. The smallest absolute Gasteiger partial charge is 0.306 e. The summed E-state index contributed by atoms with van der Waals surface area (Å²) in [5.74, 6) is -0.927. The highest BCUT2D eigenvalue weighted by molar-refractivity contribution is 5.71. The number of esters is 3. The van der Waals surface area contributed by atoms with E-state index in [1.807, 2.05) is 0 Å². The van der Waals surface area contributed by atoms with Crippen LogP contribution in [0.25, 0.3) is 0 Å². The molecule has 0 aromatic rings. The van der Waals surface area contributed by atoms with Gasteiger partial charge in [0.25, 0.3) is 0 Å². The van der Waals surface area contributed by atoms with E-state index in [9.17, 15) is 14.4 Å². The van der Waals surface area contributed by atoms with E-state index in [4.69, 9.17) is 14.2 Å². The topological polar surface area (TPSA) is 78.9 Å². The van der Waals surface area contributed by atoms with Crippen LogP contribution in [0.2, 0.25) is 0 Å². The molecule has 0 rings (SSSR count). The van der Waals surface area contributed by atoms with Crippen LogP contribution in [0, 0.1) is 0 Å². The number of allylic oxidation sites excluding steroid dienone is 16. The van der Waals surface area contributed by atoms with Gasteiger partial charge >= 0.3 is 17.9 Å². The Labute approximate surface area is 451 Å². The molecule has 1 unspecified atom stereocenters. The van der Waals surface area contributed by atoms with E-state index in [0.717, 1.165) is 122 Å². The van der Waals surface area contributed by atoms with E-state index in [1.54, 1.807) is 0 Å². The summed E-state index contributed by atoms with van der Waals surface area (Å²) in [6, 6.07) is 0. The molecule has 418 valence electrons. The molecule has 0 spiro atoms. The predicted molar refractivity (Wildman–Crippen MR) is 316 cm³/mol. The Morgan fingerprint density at radius 2 is 0.534 bits per heavy atom. The summed E-state index contributed by atoms with van der Waals surface area (Å²) in [5, 5.41) is 0. The molecular weight excluding hydrogens is 901 g/mol. The first-order valence-corrected chi connectivity index (χ1v) is 30.7. The summed E-state index contributed by atoms with van der Waals surface area (Å²) in [6.45, 7) is 6.49. The predicted octanol–water partition coefficient (Wildman–Crippen LogP) is 20.9.